The van der Waals surface area contributed by atoms with E-state index in [-0.39, 0.29) is 12.1 Å². The first kappa shape index (κ1) is 16.1. The van der Waals surface area contributed by atoms with E-state index < -0.39 is 11.4 Å². The summed E-state index contributed by atoms with van der Waals surface area (Å²) < 4.78 is 5.49. The predicted octanol–water partition coefficient (Wildman–Crippen LogP) is 1.75. The summed E-state index contributed by atoms with van der Waals surface area (Å²) in [4.78, 5) is 23.1. The molecule has 0 aromatic rings. The van der Waals surface area contributed by atoms with E-state index in [0.717, 1.165) is 31.8 Å². The van der Waals surface area contributed by atoms with Crippen molar-refractivity contribution in [1.82, 2.24) is 10.6 Å². The molecule has 2 aliphatic carbocycles. The summed E-state index contributed by atoms with van der Waals surface area (Å²) in [5, 5.41) is 14.9. The average molecular weight is 298 g/mol. The van der Waals surface area contributed by atoms with Crippen LogP contribution < -0.4 is 10.6 Å². The van der Waals surface area contributed by atoms with Gasteiger partial charge in [-0.2, -0.15) is 0 Å². The zero-order chi connectivity index (χ0) is 15.3. The maximum absolute atomic E-state index is 11.8. The molecule has 0 saturated heterocycles. The Morgan fingerprint density at radius 1 is 1.33 bits per heavy atom. The molecule has 2 rings (SSSR count). The molecule has 2 fully saturated rings. The quantitative estimate of drug-likeness (QED) is 0.596. The Kier molecular flexibility index (Phi) is 5.45. The van der Waals surface area contributed by atoms with Crippen molar-refractivity contribution in [3.63, 3.8) is 0 Å². The molecule has 0 aromatic heterocycles. The van der Waals surface area contributed by atoms with Gasteiger partial charge in [0.25, 0.3) is 0 Å². The van der Waals surface area contributed by atoms with Crippen LogP contribution in [-0.2, 0) is 9.53 Å². The number of nitrogens with one attached hydrogen (secondary N) is 2. The lowest BCUT2D eigenvalue weighted by Crippen LogP contribution is -2.50. The van der Waals surface area contributed by atoms with Gasteiger partial charge in [0.05, 0.1) is 5.41 Å². The van der Waals surface area contributed by atoms with Crippen LogP contribution in [0.5, 0.6) is 0 Å². The molecule has 2 atom stereocenters. The molecule has 6 heteroatoms. The smallest absolute Gasteiger partial charge is 0.315 e. The minimum absolute atomic E-state index is 0.281. The second-order valence-electron chi connectivity index (χ2n) is 6.44. The Balaban J connectivity index is 1.58. The first-order valence-corrected chi connectivity index (χ1v) is 7.88. The van der Waals surface area contributed by atoms with Crippen molar-refractivity contribution < 1.29 is 19.4 Å². The van der Waals surface area contributed by atoms with E-state index in [0.29, 0.717) is 19.6 Å². The first-order valence-electron chi connectivity index (χ1n) is 7.88. The van der Waals surface area contributed by atoms with Crippen molar-refractivity contribution in [3.8, 4) is 0 Å². The summed E-state index contributed by atoms with van der Waals surface area (Å²) in [6.45, 7) is 3.75. The maximum atomic E-state index is 11.8. The van der Waals surface area contributed by atoms with E-state index in [9.17, 15) is 14.7 Å². The van der Waals surface area contributed by atoms with Gasteiger partial charge >= 0.3 is 12.0 Å². The lowest BCUT2D eigenvalue weighted by atomic mass is 9.85. The zero-order valence-corrected chi connectivity index (χ0v) is 12.7. The number of carboxylic acid groups (broad SMARTS) is 1. The van der Waals surface area contributed by atoms with Gasteiger partial charge in [-0.1, -0.05) is 6.42 Å². The summed E-state index contributed by atoms with van der Waals surface area (Å²) in [7, 11) is 0. The third kappa shape index (κ3) is 4.59. The van der Waals surface area contributed by atoms with Crippen molar-refractivity contribution >= 4 is 12.0 Å². The molecule has 0 aromatic carbocycles. The monoisotopic (exact) mass is 298 g/mol. The second kappa shape index (κ2) is 7.11. The van der Waals surface area contributed by atoms with Gasteiger partial charge in [0.15, 0.2) is 0 Å². The summed E-state index contributed by atoms with van der Waals surface area (Å²) >= 11 is 0. The second-order valence-corrected chi connectivity index (χ2v) is 6.44. The highest BCUT2D eigenvalue weighted by Gasteiger charge is 2.45. The average Bonchev–Trinajstić information content (AvgIpc) is 3.18. The van der Waals surface area contributed by atoms with Crippen LogP contribution >= 0.6 is 0 Å². The van der Waals surface area contributed by atoms with Crippen molar-refractivity contribution in [2.24, 2.45) is 11.3 Å². The Hall–Kier alpha value is -1.30. The Labute approximate surface area is 125 Å². The summed E-state index contributed by atoms with van der Waals surface area (Å²) in [6, 6.07) is -0.572. The van der Waals surface area contributed by atoms with Crippen LogP contribution in [0.2, 0.25) is 0 Å². The molecule has 120 valence electrons. The fourth-order valence-electron chi connectivity index (χ4n) is 2.77. The molecule has 21 heavy (non-hydrogen) atoms. The third-order valence-corrected chi connectivity index (χ3v) is 4.55. The van der Waals surface area contributed by atoms with Crippen LogP contribution in [0.3, 0.4) is 0 Å². The van der Waals surface area contributed by atoms with Crippen molar-refractivity contribution in [2.45, 2.75) is 51.5 Å². The Bertz CT molecular complexity index is 384. The van der Waals surface area contributed by atoms with Gasteiger partial charge in [0, 0.05) is 25.8 Å². The molecule has 0 radical (unpaired) electrons. The van der Waals surface area contributed by atoms with E-state index in [4.69, 9.17) is 4.74 Å². The Morgan fingerprint density at radius 3 is 2.76 bits per heavy atom. The molecule has 0 heterocycles. The zero-order valence-electron chi connectivity index (χ0n) is 12.7. The lowest BCUT2D eigenvalue weighted by Gasteiger charge is -2.27. The normalized spacial score (nSPS) is 28.3. The third-order valence-electron chi connectivity index (χ3n) is 4.55. The fraction of sp³-hybridized carbons (Fsp3) is 0.867. The van der Waals surface area contributed by atoms with E-state index in [1.807, 2.05) is 0 Å². The van der Waals surface area contributed by atoms with Crippen LogP contribution in [0, 0.1) is 11.3 Å². The number of carbonyl (C=O) groups is 2. The summed E-state index contributed by atoms with van der Waals surface area (Å²) in [5.74, 6) is -0.0731. The standard InChI is InChI=1S/C15H26N2O4/c1-15(13(18)19)7-2-4-12(15)17-14(20)16-8-3-9-21-10-11-5-6-11/h11-12H,2-10H2,1H3,(H,18,19)(H2,16,17,20). The van der Waals surface area contributed by atoms with E-state index in [1.54, 1.807) is 6.92 Å². The van der Waals surface area contributed by atoms with Gasteiger partial charge in [-0.15, -0.1) is 0 Å². The minimum atomic E-state index is -0.843. The molecule has 2 unspecified atom stereocenters. The minimum Gasteiger partial charge on any atom is -0.481 e. The number of urea groups is 1. The summed E-state index contributed by atoms with van der Waals surface area (Å²) in [6.07, 6.45) is 5.52. The van der Waals surface area contributed by atoms with Crippen LogP contribution in [-0.4, -0.2) is 42.9 Å². The highest BCUT2D eigenvalue weighted by molar-refractivity contribution is 5.79. The molecule has 2 saturated carbocycles. The SMILES string of the molecule is CC1(C(=O)O)CCCC1NC(=O)NCCCOCC1CC1. The number of hydrogen-bond acceptors (Lipinski definition) is 3. The van der Waals surface area contributed by atoms with Crippen LogP contribution in [0.25, 0.3) is 0 Å². The lowest BCUT2D eigenvalue weighted by molar-refractivity contribution is -0.148. The molecule has 3 N–H and O–H groups in total. The molecule has 2 aliphatic rings. The van der Waals surface area contributed by atoms with Crippen LogP contribution in [0.1, 0.15) is 45.4 Å². The number of amides is 2. The number of hydrogen-bond donors (Lipinski definition) is 3. The van der Waals surface area contributed by atoms with E-state index in [2.05, 4.69) is 10.6 Å². The van der Waals surface area contributed by atoms with Crippen LogP contribution in [0.15, 0.2) is 0 Å². The molecule has 2 amide bonds. The highest BCUT2D eigenvalue weighted by atomic mass is 16.5. The number of rotatable bonds is 8. The molecule has 0 aliphatic heterocycles. The topological polar surface area (TPSA) is 87.7 Å². The molecular weight excluding hydrogens is 272 g/mol. The van der Waals surface area contributed by atoms with Gasteiger partial charge in [-0.3, -0.25) is 4.79 Å². The van der Waals surface area contributed by atoms with Crippen molar-refractivity contribution in [2.75, 3.05) is 19.8 Å². The van der Waals surface area contributed by atoms with Gasteiger partial charge in [0.2, 0.25) is 0 Å². The summed E-state index contributed by atoms with van der Waals surface area (Å²) in [5.41, 5.74) is -0.843. The van der Waals surface area contributed by atoms with Crippen molar-refractivity contribution in [1.29, 1.82) is 0 Å². The Morgan fingerprint density at radius 2 is 2.10 bits per heavy atom. The number of aliphatic carboxylic acids is 1. The molecular formula is C15H26N2O4. The molecule has 0 bridgehead atoms. The van der Waals surface area contributed by atoms with E-state index >= 15 is 0 Å². The van der Waals surface area contributed by atoms with E-state index in [1.165, 1.54) is 12.8 Å². The first-order chi connectivity index (χ1) is 10.0. The van der Waals surface area contributed by atoms with Gasteiger partial charge in [-0.05, 0) is 44.9 Å². The van der Waals surface area contributed by atoms with Gasteiger partial charge in [-0.25, -0.2) is 4.79 Å². The van der Waals surface area contributed by atoms with Gasteiger partial charge < -0.3 is 20.5 Å². The largest absolute Gasteiger partial charge is 0.481 e. The van der Waals surface area contributed by atoms with Gasteiger partial charge in [0.1, 0.15) is 0 Å². The fourth-order valence-corrected chi connectivity index (χ4v) is 2.77. The maximum Gasteiger partial charge on any atom is 0.315 e. The highest BCUT2D eigenvalue weighted by Crippen LogP contribution is 2.38. The number of carbonyl (C=O) groups excluding carboxylic acids is 1. The molecule has 6 nitrogen and oxygen atoms in total. The van der Waals surface area contributed by atoms with Crippen molar-refractivity contribution in [3.05, 3.63) is 0 Å². The number of ether oxygens (including phenoxy) is 1. The number of carboxylic acids is 1. The molecule has 0 spiro atoms. The predicted molar refractivity (Wildman–Crippen MR) is 78.1 cm³/mol. The van der Waals surface area contributed by atoms with Crippen LogP contribution in [0.4, 0.5) is 4.79 Å².